The van der Waals surface area contributed by atoms with Gasteiger partial charge in [-0.3, -0.25) is 14.4 Å². The van der Waals surface area contributed by atoms with Crippen molar-refractivity contribution < 1.29 is 29.3 Å². The maximum atomic E-state index is 12.1. The predicted octanol–water partition coefficient (Wildman–Crippen LogP) is -0.587. The van der Waals surface area contributed by atoms with E-state index in [0.29, 0.717) is 0 Å². The molecular weight excluding hydrogens is 268 g/mol. The second kappa shape index (κ2) is 6.41. The first-order valence-corrected chi connectivity index (χ1v) is 5.51. The van der Waals surface area contributed by atoms with Crippen LogP contribution in [0.25, 0.3) is 0 Å². The highest BCUT2D eigenvalue weighted by Crippen LogP contribution is 2.26. The van der Waals surface area contributed by atoms with Crippen LogP contribution in [0.5, 0.6) is 11.5 Å². The predicted molar refractivity (Wildman–Crippen MR) is 67.4 cm³/mol. The Morgan fingerprint density at radius 3 is 2.40 bits per heavy atom. The summed E-state index contributed by atoms with van der Waals surface area (Å²) < 4.78 is 4.83. The van der Waals surface area contributed by atoms with Gasteiger partial charge in [0.05, 0.1) is 7.11 Å². The molecule has 0 saturated heterocycles. The van der Waals surface area contributed by atoms with Gasteiger partial charge in [0.25, 0.3) is 5.91 Å². The number of rotatable bonds is 6. The van der Waals surface area contributed by atoms with E-state index in [1.165, 1.54) is 19.2 Å². The van der Waals surface area contributed by atoms with Crippen molar-refractivity contribution in [2.45, 2.75) is 0 Å². The van der Waals surface area contributed by atoms with E-state index in [4.69, 9.17) is 15.6 Å². The van der Waals surface area contributed by atoms with Crippen LogP contribution in [-0.4, -0.2) is 53.1 Å². The molecule has 2 amide bonds. The Bertz CT molecular complexity index is 527. The number of ether oxygens (including phenoxy) is 1. The number of carboxylic acids is 1. The first kappa shape index (κ1) is 15.3. The second-order valence-electron chi connectivity index (χ2n) is 3.91. The van der Waals surface area contributed by atoms with E-state index in [1.807, 2.05) is 0 Å². The average molecular weight is 282 g/mol. The second-order valence-corrected chi connectivity index (χ2v) is 3.91. The van der Waals surface area contributed by atoms with E-state index < -0.39 is 30.9 Å². The van der Waals surface area contributed by atoms with Crippen molar-refractivity contribution in [1.29, 1.82) is 0 Å². The van der Waals surface area contributed by atoms with Crippen LogP contribution in [0.1, 0.15) is 10.4 Å². The quantitative estimate of drug-likeness (QED) is 0.639. The summed E-state index contributed by atoms with van der Waals surface area (Å²) in [4.78, 5) is 34.4. The number of carboxylic acid groups (broad SMARTS) is 1. The molecule has 4 N–H and O–H groups in total. The third-order valence-corrected chi connectivity index (χ3v) is 2.39. The molecule has 8 nitrogen and oxygen atoms in total. The minimum absolute atomic E-state index is 0.0193. The van der Waals surface area contributed by atoms with Crippen LogP contribution in [-0.2, 0) is 9.59 Å². The standard InChI is InChI=1S/C12H14N2O6/c1-20-9-3-2-7(4-8(9)15)12(19)14(5-10(13)16)6-11(17)18/h2-4,15H,5-6H2,1H3,(H2,13,16)(H,17,18). The number of methoxy groups -OCH3 is 1. The highest BCUT2D eigenvalue weighted by atomic mass is 16.5. The number of amides is 2. The van der Waals surface area contributed by atoms with Crippen molar-refractivity contribution in [3.05, 3.63) is 23.8 Å². The Kier molecular flexibility index (Phi) is 4.90. The smallest absolute Gasteiger partial charge is 0.323 e. The van der Waals surface area contributed by atoms with Gasteiger partial charge >= 0.3 is 5.97 Å². The normalized spacial score (nSPS) is 9.85. The number of aromatic hydroxyl groups is 1. The molecule has 20 heavy (non-hydrogen) atoms. The highest BCUT2D eigenvalue weighted by Gasteiger charge is 2.21. The van der Waals surface area contributed by atoms with E-state index in [0.717, 1.165) is 11.0 Å². The maximum Gasteiger partial charge on any atom is 0.323 e. The summed E-state index contributed by atoms with van der Waals surface area (Å²) in [5.74, 6) is -2.95. The number of nitrogens with two attached hydrogens (primary N) is 1. The molecule has 1 rings (SSSR count). The van der Waals surface area contributed by atoms with E-state index in [9.17, 15) is 19.5 Å². The Morgan fingerprint density at radius 2 is 1.95 bits per heavy atom. The summed E-state index contributed by atoms with van der Waals surface area (Å²) in [5, 5.41) is 18.3. The lowest BCUT2D eigenvalue weighted by molar-refractivity contribution is -0.138. The van der Waals surface area contributed by atoms with Crippen LogP contribution >= 0.6 is 0 Å². The molecule has 0 fully saturated rings. The van der Waals surface area contributed by atoms with Gasteiger partial charge in [-0.05, 0) is 18.2 Å². The van der Waals surface area contributed by atoms with Gasteiger partial charge in [0, 0.05) is 5.56 Å². The Labute approximate surface area is 114 Å². The van der Waals surface area contributed by atoms with Crippen molar-refractivity contribution in [3.8, 4) is 11.5 Å². The van der Waals surface area contributed by atoms with E-state index >= 15 is 0 Å². The fraction of sp³-hybridized carbons (Fsp3) is 0.250. The molecule has 0 radical (unpaired) electrons. The Hall–Kier alpha value is -2.77. The molecule has 0 aliphatic carbocycles. The van der Waals surface area contributed by atoms with Crippen LogP contribution in [0.2, 0.25) is 0 Å². The lowest BCUT2D eigenvalue weighted by Crippen LogP contribution is -2.41. The van der Waals surface area contributed by atoms with E-state index in [2.05, 4.69) is 0 Å². The molecule has 0 atom stereocenters. The minimum Gasteiger partial charge on any atom is -0.504 e. The van der Waals surface area contributed by atoms with Gasteiger partial charge in [-0.1, -0.05) is 0 Å². The Morgan fingerprint density at radius 1 is 1.30 bits per heavy atom. The summed E-state index contributed by atoms with van der Waals surface area (Å²) in [7, 11) is 1.35. The van der Waals surface area contributed by atoms with E-state index in [-0.39, 0.29) is 17.1 Å². The highest BCUT2D eigenvalue weighted by molar-refractivity contribution is 5.98. The Balaban J connectivity index is 3.01. The third-order valence-electron chi connectivity index (χ3n) is 2.39. The number of phenolic OH excluding ortho intramolecular Hbond substituents is 1. The summed E-state index contributed by atoms with van der Waals surface area (Å²) >= 11 is 0. The number of benzene rings is 1. The van der Waals surface area contributed by atoms with Crippen molar-refractivity contribution in [2.75, 3.05) is 20.2 Å². The number of nitrogens with zero attached hydrogens (tertiary/aromatic N) is 1. The van der Waals surface area contributed by atoms with Crippen LogP contribution in [0.15, 0.2) is 18.2 Å². The lowest BCUT2D eigenvalue weighted by atomic mass is 10.1. The third kappa shape index (κ3) is 3.87. The van der Waals surface area contributed by atoms with Gasteiger partial charge in [-0.2, -0.15) is 0 Å². The fourth-order valence-electron chi connectivity index (χ4n) is 1.56. The van der Waals surface area contributed by atoms with Gasteiger partial charge in [0.2, 0.25) is 5.91 Å². The average Bonchev–Trinajstić information content (AvgIpc) is 2.35. The monoisotopic (exact) mass is 282 g/mol. The molecular formula is C12H14N2O6. The summed E-state index contributed by atoms with van der Waals surface area (Å²) in [6.45, 7) is -1.20. The molecule has 0 aromatic heterocycles. The lowest BCUT2D eigenvalue weighted by Gasteiger charge is -2.19. The number of phenols is 1. The molecule has 0 aliphatic heterocycles. The number of aliphatic carboxylic acids is 1. The fourth-order valence-corrected chi connectivity index (χ4v) is 1.56. The molecule has 1 aromatic rings. The van der Waals surface area contributed by atoms with Crippen LogP contribution in [0.4, 0.5) is 0 Å². The minimum atomic E-state index is -1.28. The molecule has 108 valence electrons. The molecule has 0 saturated carbocycles. The molecule has 0 bridgehead atoms. The van der Waals surface area contributed by atoms with Crippen molar-refractivity contribution >= 4 is 17.8 Å². The van der Waals surface area contributed by atoms with Crippen molar-refractivity contribution in [1.82, 2.24) is 4.90 Å². The van der Waals surface area contributed by atoms with Gasteiger partial charge < -0.3 is 25.6 Å². The van der Waals surface area contributed by atoms with Crippen LogP contribution in [0.3, 0.4) is 0 Å². The number of primary amides is 1. The topological polar surface area (TPSA) is 130 Å². The first-order chi connectivity index (χ1) is 9.35. The van der Waals surface area contributed by atoms with Gasteiger partial charge in [0.15, 0.2) is 11.5 Å². The van der Waals surface area contributed by atoms with E-state index in [1.54, 1.807) is 0 Å². The SMILES string of the molecule is COc1ccc(C(=O)N(CC(N)=O)CC(=O)O)cc1O. The number of carbonyl (C=O) groups excluding carboxylic acids is 2. The van der Waals surface area contributed by atoms with Gasteiger partial charge in [0.1, 0.15) is 13.1 Å². The summed E-state index contributed by atoms with van der Waals surface area (Å²) in [5.41, 5.74) is 4.98. The largest absolute Gasteiger partial charge is 0.504 e. The summed E-state index contributed by atoms with van der Waals surface area (Å²) in [6, 6.07) is 3.82. The molecule has 0 heterocycles. The zero-order valence-corrected chi connectivity index (χ0v) is 10.7. The zero-order chi connectivity index (χ0) is 15.3. The maximum absolute atomic E-state index is 12.1. The van der Waals surface area contributed by atoms with Gasteiger partial charge in [-0.15, -0.1) is 0 Å². The van der Waals surface area contributed by atoms with Crippen LogP contribution < -0.4 is 10.5 Å². The number of carbonyl (C=O) groups is 3. The molecule has 0 aliphatic rings. The number of hydrogen-bond donors (Lipinski definition) is 3. The molecule has 8 heteroatoms. The number of hydrogen-bond acceptors (Lipinski definition) is 5. The first-order valence-electron chi connectivity index (χ1n) is 5.51. The summed E-state index contributed by atoms with van der Waals surface area (Å²) in [6.07, 6.45) is 0. The zero-order valence-electron chi connectivity index (χ0n) is 10.7. The molecule has 0 spiro atoms. The van der Waals surface area contributed by atoms with Crippen LogP contribution in [0, 0.1) is 0 Å². The van der Waals surface area contributed by atoms with Crippen molar-refractivity contribution in [2.24, 2.45) is 5.73 Å². The molecule has 1 aromatic carbocycles. The van der Waals surface area contributed by atoms with Crippen molar-refractivity contribution in [3.63, 3.8) is 0 Å². The van der Waals surface area contributed by atoms with Gasteiger partial charge in [-0.25, -0.2) is 0 Å². The molecule has 0 unspecified atom stereocenters.